The molecule has 124 valence electrons. The van der Waals surface area contributed by atoms with Gasteiger partial charge >= 0.3 is 13.6 Å². The molecule has 0 bridgehead atoms. The SMILES string of the molecule is CCOC(=O)c1cc(C(C)P2(=O)OCC(C)(C)CO2)[nH]c1C. The third-order valence-corrected chi connectivity index (χ3v) is 5.93. The van der Waals surface area contributed by atoms with Crippen LogP contribution < -0.4 is 0 Å². The summed E-state index contributed by atoms with van der Waals surface area (Å²) < 4.78 is 29.0. The van der Waals surface area contributed by atoms with Gasteiger partial charge in [0.25, 0.3) is 0 Å². The molecule has 1 fully saturated rings. The molecule has 1 unspecified atom stereocenters. The Hall–Kier alpha value is -1.10. The molecule has 1 aromatic heterocycles. The second-order valence-electron chi connectivity index (χ2n) is 6.41. The van der Waals surface area contributed by atoms with E-state index in [4.69, 9.17) is 13.8 Å². The van der Waals surface area contributed by atoms with E-state index >= 15 is 0 Å². The van der Waals surface area contributed by atoms with Crippen LogP contribution in [0.5, 0.6) is 0 Å². The number of esters is 1. The van der Waals surface area contributed by atoms with E-state index in [2.05, 4.69) is 4.98 Å². The molecule has 1 aromatic rings. The Morgan fingerprint density at radius 3 is 2.59 bits per heavy atom. The molecule has 1 aliphatic rings. The highest BCUT2D eigenvalue weighted by Gasteiger charge is 2.42. The van der Waals surface area contributed by atoms with E-state index in [1.165, 1.54) is 0 Å². The van der Waals surface area contributed by atoms with E-state index < -0.39 is 13.3 Å². The minimum atomic E-state index is -3.24. The van der Waals surface area contributed by atoms with Gasteiger partial charge in [-0.25, -0.2) is 4.79 Å². The average molecular weight is 329 g/mol. The molecule has 0 aliphatic carbocycles. The first-order valence-electron chi connectivity index (χ1n) is 7.44. The summed E-state index contributed by atoms with van der Waals surface area (Å²) >= 11 is 0. The van der Waals surface area contributed by atoms with Gasteiger partial charge in [0.1, 0.15) is 0 Å². The van der Waals surface area contributed by atoms with Crippen LogP contribution in [0, 0.1) is 12.3 Å². The summed E-state index contributed by atoms with van der Waals surface area (Å²) in [5.74, 6) is -0.389. The zero-order valence-corrected chi connectivity index (χ0v) is 14.7. The van der Waals surface area contributed by atoms with E-state index in [9.17, 15) is 9.36 Å². The first-order valence-corrected chi connectivity index (χ1v) is 9.05. The lowest BCUT2D eigenvalue weighted by Crippen LogP contribution is -2.30. The third-order valence-electron chi connectivity index (χ3n) is 3.73. The molecule has 0 amide bonds. The summed E-state index contributed by atoms with van der Waals surface area (Å²) in [7, 11) is -3.24. The Bertz CT molecular complexity index is 593. The second-order valence-corrected chi connectivity index (χ2v) is 8.78. The van der Waals surface area contributed by atoms with Crippen molar-refractivity contribution in [3.63, 3.8) is 0 Å². The van der Waals surface area contributed by atoms with Crippen LogP contribution in [0.3, 0.4) is 0 Å². The zero-order valence-electron chi connectivity index (χ0n) is 13.8. The Labute approximate surface area is 131 Å². The summed E-state index contributed by atoms with van der Waals surface area (Å²) in [5.41, 5.74) is 1.18. The largest absolute Gasteiger partial charge is 0.462 e. The lowest BCUT2D eigenvalue weighted by atomic mass is 9.97. The molecule has 7 heteroatoms. The number of aromatic nitrogens is 1. The highest BCUT2D eigenvalue weighted by atomic mass is 31.2. The Balaban J connectivity index is 2.20. The van der Waals surface area contributed by atoms with Crippen molar-refractivity contribution in [3.8, 4) is 0 Å². The van der Waals surface area contributed by atoms with Gasteiger partial charge in [-0.2, -0.15) is 0 Å². The fraction of sp³-hybridized carbons (Fsp3) is 0.667. The fourth-order valence-electron chi connectivity index (χ4n) is 2.23. The molecule has 1 aliphatic heterocycles. The van der Waals surface area contributed by atoms with Crippen molar-refractivity contribution in [2.45, 2.75) is 40.3 Å². The summed E-state index contributed by atoms with van der Waals surface area (Å²) in [4.78, 5) is 15.0. The van der Waals surface area contributed by atoms with Crippen LogP contribution in [0.25, 0.3) is 0 Å². The highest BCUT2D eigenvalue weighted by molar-refractivity contribution is 7.54. The number of carbonyl (C=O) groups excluding carboxylic acids is 1. The number of hydrogen-bond acceptors (Lipinski definition) is 5. The first kappa shape index (κ1) is 17.3. The molecule has 0 radical (unpaired) electrons. The van der Waals surface area contributed by atoms with Crippen molar-refractivity contribution < 1.29 is 23.1 Å². The topological polar surface area (TPSA) is 77.6 Å². The van der Waals surface area contributed by atoms with Crippen LogP contribution in [0.15, 0.2) is 6.07 Å². The van der Waals surface area contributed by atoms with Crippen molar-refractivity contribution in [2.75, 3.05) is 19.8 Å². The average Bonchev–Trinajstić information content (AvgIpc) is 2.84. The first-order chi connectivity index (χ1) is 10.2. The van der Waals surface area contributed by atoms with Gasteiger partial charge in [0.2, 0.25) is 0 Å². The van der Waals surface area contributed by atoms with E-state index in [-0.39, 0.29) is 11.4 Å². The molecular formula is C15H24NO5P. The molecule has 1 N–H and O–H groups in total. The number of aromatic amines is 1. The lowest BCUT2D eigenvalue weighted by Gasteiger charge is -2.36. The lowest BCUT2D eigenvalue weighted by molar-refractivity contribution is 0.0383. The van der Waals surface area contributed by atoms with E-state index in [0.717, 1.165) is 0 Å². The molecule has 1 atom stereocenters. The molecule has 0 saturated carbocycles. The summed E-state index contributed by atoms with van der Waals surface area (Å²) in [6, 6.07) is 1.67. The van der Waals surface area contributed by atoms with Crippen LogP contribution in [0.4, 0.5) is 0 Å². The molecule has 0 spiro atoms. The minimum absolute atomic E-state index is 0.143. The molecular weight excluding hydrogens is 305 g/mol. The Morgan fingerprint density at radius 1 is 1.45 bits per heavy atom. The van der Waals surface area contributed by atoms with Crippen LogP contribution in [-0.4, -0.2) is 30.8 Å². The van der Waals surface area contributed by atoms with Gasteiger partial charge in [0.15, 0.2) is 0 Å². The molecule has 0 aromatic carbocycles. The molecule has 6 nitrogen and oxygen atoms in total. The van der Waals surface area contributed by atoms with E-state index in [1.807, 2.05) is 13.8 Å². The summed E-state index contributed by atoms with van der Waals surface area (Å²) in [6.45, 7) is 10.4. The molecule has 1 saturated heterocycles. The van der Waals surface area contributed by atoms with Gasteiger partial charge in [0.05, 0.1) is 31.0 Å². The number of hydrogen-bond donors (Lipinski definition) is 1. The van der Waals surface area contributed by atoms with Crippen LogP contribution in [0.1, 0.15) is 55.1 Å². The van der Waals surface area contributed by atoms with Crippen molar-refractivity contribution >= 4 is 13.6 Å². The number of H-pyrrole nitrogens is 1. The predicted molar refractivity (Wildman–Crippen MR) is 83.2 cm³/mol. The minimum Gasteiger partial charge on any atom is -0.462 e. The maximum absolute atomic E-state index is 12.9. The third kappa shape index (κ3) is 3.45. The number of rotatable bonds is 4. The second kappa shape index (κ2) is 6.19. The normalized spacial score (nSPS) is 21.3. The van der Waals surface area contributed by atoms with Gasteiger partial charge in [-0.05, 0) is 26.8 Å². The predicted octanol–water partition coefficient (Wildman–Crippen LogP) is 3.83. The monoisotopic (exact) mass is 329 g/mol. The van der Waals surface area contributed by atoms with Gasteiger partial charge in [-0.15, -0.1) is 0 Å². The molecule has 2 heterocycles. The quantitative estimate of drug-likeness (QED) is 0.671. The number of carbonyl (C=O) groups is 1. The highest BCUT2D eigenvalue weighted by Crippen LogP contribution is 2.63. The maximum Gasteiger partial charge on any atom is 0.339 e. The number of nitrogens with one attached hydrogen (secondary N) is 1. The van der Waals surface area contributed by atoms with Crippen molar-refractivity contribution in [2.24, 2.45) is 5.41 Å². The van der Waals surface area contributed by atoms with Gasteiger partial charge in [-0.1, -0.05) is 13.8 Å². The zero-order chi connectivity index (χ0) is 16.5. The van der Waals surface area contributed by atoms with Gasteiger partial charge < -0.3 is 18.8 Å². The van der Waals surface area contributed by atoms with Crippen LogP contribution in [-0.2, 0) is 18.3 Å². The van der Waals surface area contributed by atoms with Crippen molar-refractivity contribution in [3.05, 3.63) is 23.0 Å². The Kier molecular flexibility index (Phi) is 4.85. The maximum atomic E-state index is 12.9. The summed E-state index contributed by atoms with van der Waals surface area (Å²) in [6.07, 6.45) is 0. The van der Waals surface area contributed by atoms with Gasteiger partial charge in [0, 0.05) is 16.8 Å². The van der Waals surface area contributed by atoms with Crippen molar-refractivity contribution in [1.82, 2.24) is 4.98 Å². The number of aryl methyl sites for hydroxylation is 1. The Morgan fingerprint density at radius 2 is 2.05 bits per heavy atom. The van der Waals surface area contributed by atoms with Crippen LogP contribution >= 0.6 is 7.60 Å². The van der Waals surface area contributed by atoms with Gasteiger partial charge in [-0.3, -0.25) is 4.57 Å². The van der Waals surface area contributed by atoms with E-state index in [0.29, 0.717) is 36.8 Å². The standard InChI is InChI=1S/C15H24NO5P/c1-6-19-14(17)12-7-13(16-10(12)2)11(3)22(18)20-8-15(4,5)9-21-22/h7,11,16H,6,8-9H2,1-5H3. The van der Waals surface area contributed by atoms with Crippen LogP contribution in [0.2, 0.25) is 0 Å². The molecule has 22 heavy (non-hydrogen) atoms. The van der Waals surface area contributed by atoms with E-state index in [1.54, 1.807) is 26.8 Å². The number of ether oxygens (including phenoxy) is 1. The summed E-state index contributed by atoms with van der Waals surface area (Å²) in [5, 5.41) is 0. The smallest absolute Gasteiger partial charge is 0.339 e. The molecule has 2 rings (SSSR count). The van der Waals surface area contributed by atoms with Crippen molar-refractivity contribution in [1.29, 1.82) is 0 Å². The fourth-order valence-corrected chi connectivity index (χ4v) is 4.29.